The number of nitro benzene ring substituents is 1. The molecular formula is C16H25NO4. The fraction of sp³-hybridized carbons (Fsp3) is 0.625. The van der Waals surface area contributed by atoms with Gasteiger partial charge in [0.25, 0.3) is 5.69 Å². The third kappa shape index (κ3) is 6.97. The number of benzene rings is 1. The molecule has 0 spiro atoms. The van der Waals surface area contributed by atoms with Crippen LogP contribution in [0.5, 0.6) is 11.5 Å². The van der Waals surface area contributed by atoms with E-state index in [2.05, 4.69) is 6.92 Å². The monoisotopic (exact) mass is 295 g/mol. The average Bonchev–Trinajstić information content (AvgIpc) is 2.47. The van der Waals surface area contributed by atoms with Gasteiger partial charge in [-0.25, -0.2) is 0 Å². The van der Waals surface area contributed by atoms with Gasteiger partial charge in [-0.15, -0.1) is 0 Å². The number of non-ortho nitro benzene ring substituents is 1. The molecule has 0 aliphatic rings. The third-order valence-electron chi connectivity index (χ3n) is 3.41. The van der Waals surface area contributed by atoms with Gasteiger partial charge in [0.15, 0.2) is 11.5 Å². The van der Waals surface area contributed by atoms with E-state index < -0.39 is 4.92 Å². The SMILES string of the molecule is CCCCCCCCCCOc1cc([N+](=O)[O-])ccc1O. The summed E-state index contributed by atoms with van der Waals surface area (Å²) in [5.41, 5.74) is -0.0706. The van der Waals surface area contributed by atoms with Crippen LogP contribution in [-0.2, 0) is 0 Å². The van der Waals surface area contributed by atoms with Crippen LogP contribution in [0.25, 0.3) is 0 Å². The summed E-state index contributed by atoms with van der Waals surface area (Å²) in [4.78, 5) is 10.2. The van der Waals surface area contributed by atoms with E-state index in [1.54, 1.807) is 0 Å². The van der Waals surface area contributed by atoms with Crippen molar-refractivity contribution < 1.29 is 14.8 Å². The molecule has 0 fully saturated rings. The lowest BCUT2D eigenvalue weighted by molar-refractivity contribution is -0.385. The van der Waals surface area contributed by atoms with Gasteiger partial charge in [-0.05, 0) is 12.5 Å². The standard InChI is InChI=1S/C16H25NO4/c1-2-3-4-5-6-7-8-9-12-21-16-13-14(17(19)20)10-11-15(16)18/h10-11,13,18H,2-9,12H2,1H3. The first-order valence-corrected chi connectivity index (χ1v) is 7.75. The van der Waals surface area contributed by atoms with E-state index in [0.717, 1.165) is 12.8 Å². The van der Waals surface area contributed by atoms with Crippen molar-refractivity contribution in [2.75, 3.05) is 6.61 Å². The molecule has 1 aromatic rings. The number of phenolic OH excluding ortho intramolecular Hbond substituents is 1. The Labute approximate surface area is 126 Å². The molecule has 0 atom stereocenters. The molecule has 21 heavy (non-hydrogen) atoms. The summed E-state index contributed by atoms with van der Waals surface area (Å²) in [5, 5.41) is 20.2. The Morgan fingerprint density at radius 3 is 2.33 bits per heavy atom. The molecule has 5 nitrogen and oxygen atoms in total. The number of ether oxygens (including phenoxy) is 1. The second kappa shape index (κ2) is 10.0. The second-order valence-electron chi connectivity index (χ2n) is 5.23. The zero-order chi connectivity index (χ0) is 15.5. The molecule has 0 bridgehead atoms. The Bertz CT molecular complexity index is 434. The van der Waals surface area contributed by atoms with Gasteiger partial charge in [0.05, 0.1) is 17.6 Å². The van der Waals surface area contributed by atoms with Crippen LogP contribution < -0.4 is 4.74 Å². The maximum Gasteiger partial charge on any atom is 0.273 e. The molecule has 0 amide bonds. The number of hydrogen-bond donors (Lipinski definition) is 1. The van der Waals surface area contributed by atoms with Crippen LogP contribution in [0.2, 0.25) is 0 Å². The molecule has 1 N–H and O–H groups in total. The maximum absolute atomic E-state index is 10.7. The predicted molar refractivity (Wildman–Crippen MR) is 82.9 cm³/mol. The van der Waals surface area contributed by atoms with E-state index >= 15 is 0 Å². The number of aromatic hydroxyl groups is 1. The Balaban J connectivity index is 2.18. The van der Waals surface area contributed by atoms with Crippen LogP contribution >= 0.6 is 0 Å². The Morgan fingerprint density at radius 2 is 1.71 bits per heavy atom. The Morgan fingerprint density at radius 1 is 1.10 bits per heavy atom. The quantitative estimate of drug-likeness (QED) is 0.361. The summed E-state index contributed by atoms with van der Waals surface area (Å²) < 4.78 is 5.42. The fourth-order valence-corrected chi connectivity index (χ4v) is 2.15. The van der Waals surface area contributed by atoms with Crippen LogP contribution in [0, 0.1) is 10.1 Å². The number of nitrogens with zero attached hydrogens (tertiary/aromatic N) is 1. The Kier molecular flexibility index (Phi) is 8.24. The first-order chi connectivity index (χ1) is 10.1. The normalized spacial score (nSPS) is 10.5. The topological polar surface area (TPSA) is 72.6 Å². The van der Waals surface area contributed by atoms with Gasteiger partial charge in [0.2, 0.25) is 0 Å². The minimum absolute atomic E-state index is 0.0554. The van der Waals surface area contributed by atoms with Crippen molar-refractivity contribution in [3.63, 3.8) is 0 Å². The molecule has 0 saturated heterocycles. The molecule has 0 aliphatic carbocycles. The van der Waals surface area contributed by atoms with Gasteiger partial charge in [0.1, 0.15) is 0 Å². The molecule has 0 saturated carbocycles. The van der Waals surface area contributed by atoms with E-state index in [4.69, 9.17) is 4.74 Å². The summed E-state index contributed by atoms with van der Waals surface area (Å²) >= 11 is 0. The molecule has 1 rings (SSSR count). The van der Waals surface area contributed by atoms with Crippen LogP contribution in [0.4, 0.5) is 5.69 Å². The van der Waals surface area contributed by atoms with Crippen molar-refractivity contribution in [1.29, 1.82) is 0 Å². The van der Waals surface area contributed by atoms with Crippen LogP contribution in [0.1, 0.15) is 58.3 Å². The smallest absolute Gasteiger partial charge is 0.273 e. The van der Waals surface area contributed by atoms with Gasteiger partial charge in [-0.2, -0.15) is 0 Å². The zero-order valence-corrected chi connectivity index (χ0v) is 12.7. The molecule has 118 valence electrons. The van der Waals surface area contributed by atoms with Crippen LogP contribution in [-0.4, -0.2) is 16.6 Å². The van der Waals surface area contributed by atoms with E-state index in [1.807, 2.05) is 0 Å². The van der Waals surface area contributed by atoms with Gasteiger partial charge in [-0.3, -0.25) is 10.1 Å². The van der Waals surface area contributed by atoms with E-state index in [0.29, 0.717) is 6.61 Å². The van der Waals surface area contributed by atoms with Crippen molar-refractivity contribution in [3.05, 3.63) is 28.3 Å². The highest BCUT2D eigenvalue weighted by atomic mass is 16.6. The van der Waals surface area contributed by atoms with Gasteiger partial charge < -0.3 is 9.84 Å². The van der Waals surface area contributed by atoms with E-state index in [1.165, 1.54) is 56.7 Å². The summed E-state index contributed by atoms with van der Waals surface area (Å²) in [6.45, 7) is 2.68. The predicted octanol–water partition coefficient (Wildman–Crippen LogP) is 4.82. The molecule has 0 aliphatic heterocycles. The number of unbranched alkanes of at least 4 members (excludes halogenated alkanes) is 7. The minimum Gasteiger partial charge on any atom is -0.504 e. The second-order valence-corrected chi connectivity index (χ2v) is 5.23. The highest BCUT2D eigenvalue weighted by Gasteiger charge is 2.10. The molecule has 1 aromatic carbocycles. The lowest BCUT2D eigenvalue weighted by atomic mass is 10.1. The highest BCUT2D eigenvalue weighted by molar-refractivity contribution is 5.47. The van der Waals surface area contributed by atoms with Crippen LogP contribution in [0.15, 0.2) is 18.2 Å². The molecular weight excluding hydrogens is 270 g/mol. The Hall–Kier alpha value is -1.78. The number of nitro groups is 1. The average molecular weight is 295 g/mol. The fourth-order valence-electron chi connectivity index (χ4n) is 2.15. The molecule has 0 unspecified atom stereocenters. The first-order valence-electron chi connectivity index (χ1n) is 7.75. The minimum atomic E-state index is -0.497. The van der Waals surface area contributed by atoms with Crippen LogP contribution in [0.3, 0.4) is 0 Å². The van der Waals surface area contributed by atoms with Crippen molar-refractivity contribution in [2.24, 2.45) is 0 Å². The molecule has 0 heterocycles. The third-order valence-corrected chi connectivity index (χ3v) is 3.41. The molecule has 0 radical (unpaired) electrons. The number of rotatable bonds is 11. The highest BCUT2D eigenvalue weighted by Crippen LogP contribution is 2.30. The lowest BCUT2D eigenvalue weighted by Gasteiger charge is -2.07. The first kappa shape index (κ1) is 17.3. The van der Waals surface area contributed by atoms with Crippen molar-refractivity contribution >= 4 is 5.69 Å². The molecule has 5 heteroatoms. The van der Waals surface area contributed by atoms with E-state index in [-0.39, 0.29) is 17.2 Å². The number of phenols is 1. The van der Waals surface area contributed by atoms with Crippen molar-refractivity contribution in [3.8, 4) is 11.5 Å². The summed E-state index contributed by atoms with van der Waals surface area (Å²) in [7, 11) is 0. The largest absolute Gasteiger partial charge is 0.504 e. The number of hydrogen-bond acceptors (Lipinski definition) is 4. The lowest BCUT2D eigenvalue weighted by Crippen LogP contribution is -1.98. The summed E-state index contributed by atoms with van der Waals surface area (Å²) in [6, 6.07) is 3.82. The van der Waals surface area contributed by atoms with E-state index in [9.17, 15) is 15.2 Å². The molecule has 0 aromatic heterocycles. The summed E-state index contributed by atoms with van der Waals surface area (Å²) in [5.74, 6) is 0.132. The van der Waals surface area contributed by atoms with Crippen molar-refractivity contribution in [1.82, 2.24) is 0 Å². The van der Waals surface area contributed by atoms with Gasteiger partial charge >= 0.3 is 0 Å². The van der Waals surface area contributed by atoms with Gasteiger partial charge in [0, 0.05) is 6.07 Å². The van der Waals surface area contributed by atoms with Gasteiger partial charge in [-0.1, -0.05) is 51.9 Å². The summed E-state index contributed by atoms with van der Waals surface area (Å²) in [6.07, 6.45) is 9.61. The maximum atomic E-state index is 10.7. The van der Waals surface area contributed by atoms with Crippen molar-refractivity contribution in [2.45, 2.75) is 58.3 Å². The zero-order valence-electron chi connectivity index (χ0n) is 12.7.